The summed E-state index contributed by atoms with van der Waals surface area (Å²) in [6.45, 7) is 3.95. The molecule has 0 aliphatic carbocycles. The van der Waals surface area contributed by atoms with E-state index in [4.69, 9.17) is 5.11 Å². The number of pyridine rings is 1. The molecule has 1 aromatic heterocycles. The standard InChI is InChI=1S/C15H20N2O2/c1-3-6-14(4-2)17-15(19)13-9-12(7-5-8-18)10-16-11-13/h9-11,14,18H,3-4,6,8H2,1-2H3,(H,17,19). The largest absolute Gasteiger partial charge is 0.384 e. The fourth-order valence-corrected chi connectivity index (χ4v) is 1.77. The first kappa shape index (κ1) is 15.2. The maximum absolute atomic E-state index is 12.1. The normalized spacial score (nSPS) is 11.3. The van der Waals surface area contributed by atoms with Crippen molar-refractivity contribution in [2.24, 2.45) is 0 Å². The molecule has 1 unspecified atom stereocenters. The van der Waals surface area contributed by atoms with Gasteiger partial charge in [0.1, 0.15) is 6.61 Å². The Kier molecular flexibility index (Phi) is 6.62. The number of hydrogen-bond donors (Lipinski definition) is 2. The van der Waals surface area contributed by atoms with Crippen LogP contribution in [0.25, 0.3) is 0 Å². The first-order valence-corrected chi connectivity index (χ1v) is 6.56. The minimum atomic E-state index is -0.204. The van der Waals surface area contributed by atoms with Gasteiger partial charge in [-0.05, 0) is 18.9 Å². The molecule has 1 rings (SSSR count). The highest BCUT2D eigenvalue weighted by molar-refractivity contribution is 5.94. The Morgan fingerprint density at radius 2 is 2.26 bits per heavy atom. The molecule has 0 spiro atoms. The van der Waals surface area contributed by atoms with E-state index in [1.807, 2.05) is 0 Å². The highest BCUT2D eigenvalue weighted by atomic mass is 16.2. The molecule has 0 aromatic carbocycles. The van der Waals surface area contributed by atoms with Crippen molar-refractivity contribution in [1.29, 1.82) is 0 Å². The van der Waals surface area contributed by atoms with Crippen molar-refractivity contribution in [3.05, 3.63) is 29.6 Å². The lowest BCUT2D eigenvalue weighted by Crippen LogP contribution is -2.34. The van der Waals surface area contributed by atoms with Crippen molar-refractivity contribution in [2.75, 3.05) is 6.61 Å². The molecule has 4 heteroatoms. The van der Waals surface area contributed by atoms with E-state index in [1.165, 1.54) is 6.20 Å². The van der Waals surface area contributed by atoms with Crippen LogP contribution in [0.1, 0.15) is 49.0 Å². The number of nitrogens with zero attached hydrogens (tertiary/aromatic N) is 1. The van der Waals surface area contributed by atoms with Gasteiger partial charge in [-0.3, -0.25) is 9.78 Å². The van der Waals surface area contributed by atoms with Crippen LogP contribution in [-0.2, 0) is 0 Å². The zero-order valence-corrected chi connectivity index (χ0v) is 11.4. The second-order valence-corrected chi connectivity index (χ2v) is 4.29. The summed E-state index contributed by atoms with van der Waals surface area (Å²) in [4.78, 5) is 16.1. The van der Waals surface area contributed by atoms with Crippen molar-refractivity contribution in [1.82, 2.24) is 10.3 Å². The van der Waals surface area contributed by atoms with E-state index in [0.29, 0.717) is 11.1 Å². The molecular formula is C15H20N2O2. The second kappa shape index (κ2) is 8.28. The first-order chi connectivity index (χ1) is 9.21. The predicted octanol–water partition coefficient (Wildman–Crippen LogP) is 1.73. The van der Waals surface area contributed by atoms with Gasteiger partial charge in [-0.15, -0.1) is 0 Å². The molecule has 1 heterocycles. The Balaban J connectivity index is 2.76. The molecule has 0 fully saturated rings. The Morgan fingerprint density at radius 3 is 2.89 bits per heavy atom. The molecule has 0 aliphatic heterocycles. The Labute approximate surface area is 114 Å². The van der Waals surface area contributed by atoms with E-state index >= 15 is 0 Å². The highest BCUT2D eigenvalue weighted by Crippen LogP contribution is 2.05. The number of carbonyl (C=O) groups excluding carboxylic acids is 1. The van der Waals surface area contributed by atoms with Gasteiger partial charge >= 0.3 is 0 Å². The van der Waals surface area contributed by atoms with Crippen molar-refractivity contribution >= 4 is 5.91 Å². The molecule has 2 N–H and O–H groups in total. The zero-order valence-electron chi connectivity index (χ0n) is 11.4. The lowest BCUT2D eigenvalue weighted by Gasteiger charge is -2.15. The summed E-state index contributed by atoms with van der Waals surface area (Å²) < 4.78 is 0. The van der Waals surface area contributed by atoms with E-state index in [0.717, 1.165) is 19.3 Å². The first-order valence-electron chi connectivity index (χ1n) is 6.56. The molecule has 1 atom stereocenters. The lowest BCUT2D eigenvalue weighted by molar-refractivity contribution is 0.0933. The van der Waals surface area contributed by atoms with E-state index in [1.54, 1.807) is 12.3 Å². The summed E-state index contributed by atoms with van der Waals surface area (Å²) in [5, 5.41) is 11.6. The third-order valence-electron chi connectivity index (χ3n) is 2.78. The molecule has 19 heavy (non-hydrogen) atoms. The topological polar surface area (TPSA) is 62.2 Å². The lowest BCUT2D eigenvalue weighted by atomic mass is 10.1. The van der Waals surface area contributed by atoms with Gasteiger partial charge in [-0.1, -0.05) is 32.1 Å². The predicted molar refractivity (Wildman–Crippen MR) is 74.7 cm³/mol. The van der Waals surface area contributed by atoms with Crippen LogP contribution < -0.4 is 5.32 Å². The molecule has 0 saturated carbocycles. The van der Waals surface area contributed by atoms with Crippen LogP contribution in [-0.4, -0.2) is 28.6 Å². The van der Waals surface area contributed by atoms with Crippen LogP contribution in [0.4, 0.5) is 0 Å². The van der Waals surface area contributed by atoms with Crippen LogP contribution in [0.15, 0.2) is 18.5 Å². The average Bonchev–Trinajstić information content (AvgIpc) is 2.44. The van der Waals surface area contributed by atoms with Gasteiger partial charge in [0, 0.05) is 24.0 Å². The van der Waals surface area contributed by atoms with Crippen molar-refractivity contribution in [2.45, 2.75) is 39.2 Å². The second-order valence-electron chi connectivity index (χ2n) is 4.29. The Hall–Kier alpha value is -1.86. The summed E-state index contributed by atoms with van der Waals surface area (Å²) in [7, 11) is 0. The molecule has 0 aliphatic rings. The number of amides is 1. The number of nitrogens with one attached hydrogen (secondary N) is 1. The zero-order chi connectivity index (χ0) is 14.1. The van der Waals surface area contributed by atoms with Crippen molar-refractivity contribution < 1.29 is 9.90 Å². The smallest absolute Gasteiger partial charge is 0.253 e. The maximum atomic E-state index is 12.1. The molecule has 102 valence electrons. The number of carbonyl (C=O) groups is 1. The third kappa shape index (κ3) is 5.11. The minimum Gasteiger partial charge on any atom is -0.384 e. The summed E-state index contributed by atoms with van der Waals surface area (Å²) >= 11 is 0. The molecule has 1 amide bonds. The monoisotopic (exact) mass is 260 g/mol. The molecule has 0 bridgehead atoms. The average molecular weight is 260 g/mol. The van der Waals surface area contributed by atoms with Gasteiger partial charge in [0.05, 0.1) is 5.56 Å². The fourth-order valence-electron chi connectivity index (χ4n) is 1.77. The summed E-state index contributed by atoms with van der Waals surface area (Å²) in [5.41, 5.74) is 1.13. The van der Waals surface area contributed by atoms with Crippen molar-refractivity contribution in [3.63, 3.8) is 0 Å². The minimum absolute atomic E-state index is 0.125. The summed E-state index contributed by atoms with van der Waals surface area (Å²) in [5.74, 6) is 5.15. The Bertz CT molecular complexity index is 475. The highest BCUT2D eigenvalue weighted by Gasteiger charge is 2.11. The van der Waals surface area contributed by atoms with E-state index in [-0.39, 0.29) is 18.6 Å². The van der Waals surface area contributed by atoms with Crippen LogP contribution in [0.3, 0.4) is 0 Å². The third-order valence-corrected chi connectivity index (χ3v) is 2.78. The van der Waals surface area contributed by atoms with Gasteiger partial charge in [0.15, 0.2) is 0 Å². The number of aromatic nitrogens is 1. The van der Waals surface area contributed by atoms with Crippen LogP contribution in [0.5, 0.6) is 0 Å². The van der Waals surface area contributed by atoms with Crippen LogP contribution >= 0.6 is 0 Å². The number of aliphatic hydroxyl groups excluding tert-OH is 1. The molecule has 0 radical (unpaired) electrons. The molecule has 4 nitrogen and oxygen atoms in total. The maximum Gasteiger partial charge on any atom is 0.253 e. The number of hydrogen-bond acceptors (Lipinski definition) is 3. The van der Waals surface area contributed by atoms with Gasteiger partial charge in [-0.2, -0.15) is 0 Å². The van der Waals surface area contributed by atoms with E-state index in [2.05, 4.69) is 36.0 Å². The van der Waals surface area contributed by atoms with E-state index in [9.17, 15) is 4.79 Å². The summed E-state index contributed by atoms with van der Waals surface area (Å²) in [6.07, 6.45) is 6.02. The van der Waals surface area contributed by atoms with Gasteiger partial charge in [-0.25, -0.2) is 0 Å². The molecule has 1 aromatic rings. The quantitative estimate of drug-likeness (QED) is 0.793. The van der Waals surface area contributed by atoms with Gasteiger partial charge < -0.3 is 10.4 Å². The number of aliphatic hydroxyl groups is 1. The Morgan fingerprint density at radius 1 is 1.47 bits per heavy atom. The SMILES string of the molecule is CCCC(CC)NC(=O)c1cncc(C#CCO)c1. The van der Waals surface area contributed by atoms with Crippen LogP contribution in [0.2, 0.25) is 0 Å². The van der Waals surface area contributed by atoms with Gasteiger partial charge in [0.2, 0.25) is 0 Å². The van der Waals surface area contributed by atoms with Crippen LogP contribution in [0, 0.1) is 11.8 Å². The fraction of sp³-hybridized carbons (Fsp3) is 0.467. The molecule has 0 saturated heterocycles. The van der Waals surface area contributed by atoms with Crippen molar-refractivity contribution in [3.8, 4) is 11.8 Å². The molecular weight excluding hydrogens is 240 g/mol. The van der Waals surface area contributed by atoms with E-state index < -0.39 is 0 Å². The summed E-state index contributed by atoms with van der Waals surface area (Å²) in [6, 6.07) is 1.88. The number of rotatable bonds is 5. The van der Waals surface area contributed by atoms with Gasteiger partial charge in [0.25, 0.3) is 5.91 Å².